The fourth-order valence-electron chi connectivity index (χ4n) is 2.97. The number of amides is 2. The standard InChI is InChI=1S/C20H22N2O5S/c1-12-20(2,17(24)11-27-12)22-18(25)15(10-13-5-7-14(23)8-6-13)21-19(26)16-4-3-9-28-16/h3-9,12,15,23H,10-11H2,1-2H3,(H,21,26)(H,22,25). The summed E-state index contributed by atoms with van der Waals surface area (Å²) in [6.07, 6.45) is -0.255. The zero-order chi connectivity index (χ0) is 20.3. The molecule has 1 aliphatic heterocycles. The Hall–Kier alpha value is -2.71. The third-order valence-corrected chi connectivity index (χ3v) is 5.85. The molecule has 0 bridgehead atoms. The van der Waals surface area contributed by atoms with Crippen molar-refractivity contribution in [3.63, 3.8) is 0 Å². The summed E-state index contributed by atoms with van der Waals surface area (Å²) >= 11 is 1.28. The fraction of sp³-hybridized carbons (Fsp3) is 0.350. The number of phenolic OH excluding ortho intramolecular Hbond substituents is 1. The first kappa shape index (κ1) is 20.0. The van der Waals surface area contributed by atoms with E-state index < -0.39 is 23.6 Å². The number of ketones is 1. The number of phenols is 1. The van der Waals surface area contributed by atoms with Gasteiger partial charge in [-0.1, -0.05) is 18.2 Å². The molecule has 2 aromatic rings. The number of carbonyl (C=O) groups is 3. The van der Waals surface area contributed by atoms with Gasteiger partial charge in [0.2, 0.25) is 5.91 Å². The van der Waals surface area contributed by atoms with Gasteiger partial charge >= 0.3 is 0 Å². The summed E-state index contributed by atoms with van der Waals surface area (Å²) in [7, 11) is 0. The molecule has 0 spiro atoms. The highest BCUT2D eigenvalue weighted by atomic mass is 32.1. The van der Waals surface area contributed by atoms with Crippen molar-refractivity contribution < 1.29 is 24.2 Å². The van der Waals surface area contributed by atoms with Crippen LogP contribution in [0.5, 0.6) is 5.75 Å². The zero-order valence-corrected chi connectivity index (χ0v) is 16.4. The van der Waals surface area contributed by atoms with Crippen LogP contribution in [0, 0.1) is 0 Å². The monoisotopic (exact) mass is 402 g/mol. The Bertz CT molecular complexity index is 865. The number of ether oxygens (including phenoxy) is 1. The van der Waals surface area contributed by atoms with Crippen molar-refractivity contribution in [3.05, 3.63) is 52.2 Å². The van der Waals surface area contributed by atoms with Gasteiger partial charge in [0, 0.05) is 6.42 Å². The van der Waals surface area contributed by atoms with Gasteiger partial charge in [-0.05, 0) is 43.0 Å². The first-order chi connectivity index (χ1) is 13.3. The Morgan fingerprint density at radius 1 is 1.32 bits per heavy atom. The van der Waals surface area contributed by atoms with E-state index in [0.29, 0.717) is 4.88 Å². The van der Waals surface area contributed by atoms with Crippen molar-refractivity contribution in [2.45, 2.75) is 38.0 Å². The molecule has 0 aliphatic carbocycles. The molecule has 1 fully saturated rings. The van der Waals surface area contributed by atoms with Gasteiger partial charge in [0.1, 0.15) is 23.9 Å². The van der Waals surface area contributed by atoms with Crippen molar-refractivity contribution in [1.29, 1.82) is 0 Å². The van der Waals surface area contributed by atoms with Crippen LogP contribution in [0.1, 0.15) is 29.1 Å². The molecule has 7 nitrogen and oxygen atoms in total. The lowest BCUT2D eigenvalue weighted by Gasteiger charge is -2.29. The second-order valence-corrected chi connectivity index (χ2v) is 7.89. The van der Waals surface area contributed by atoms with Crippen LogP contribution in [0.2, 0.25) is 0 Å². The van der Waals surface area contributed by atoms with E-state index in [-0.39, 0.29) is 30.5 Å². The number of nitrogens with one attached hydrogen (secondary N) is 2. The van der Waals surface area contributed by atoms with Crippen molar-refractivity contribution in [1.82, 2.24) is 10.6 Å². The van der Waals surface area contributed by atoms with Crippen LogP contribution >= 0.6 is 11.3 Å². The third kappa shape index (κ3) is 4.23. The largest absolute Gasteiger partial charge is 0.508 e. The molecule has 28 heavy (non-hydrogen) atoms. The second kappa shape index (κ2) is 8.12. The van der Waals surface area contributed by atoms with Gasteiger partial charge < -0.3 is 20.5 Å². The Morgan fingerprint density at radius 2 is 2.04 bits per heavy atom. The molecule has 1 aromatic heterocycles. The maximum atomic E-state index is 13.0. The number of Topliss-reactive ketones (excluding diaryl/α,β-unsaturated/α-hetero) is 1. The molecule has 2 heterocycles. The first-order valence-corrected chi connectivity index (χ1v) is 9.77. The van der Waals surface area contributed by atoms with Gasteiger partial charge in [-0.3, -0.25) is 14.4 Å². The van der Waals surface area contributed by atoms with Gasteiger partial charge in [-0.15, -0.1) is 11.3 Å². The molecular weight excluding hydrogens is 380 g/mol. The minimum absolute atomic E-state index is 0.0534. The topological polar surface area (TPSA) is 105 Å². The van der Waals surface area contributed by atoms with Gasteiger partial charge in [-0.2, -0.15) is 0 Å². The summed E-state index contributed by atoms with van der Waals surface area (Å²) in [4.78, 5) is 38.2. The lowest BCUT2D eigenvalue weighted by molar-refractivity contribution is -0.130. The minimum atomic E-state index is -1.14. The number of aromatic hydroxyl groups is 1. The van der Waals surface area contributed by atoms with E-state index in [2.05, 4.69) is 10.6 Å². The van der Waals surface area contributed by atoms with Gasteiger partial charge in [0.15, 0.2) is 5.78 Å². The Balaban J connectivity index is 1.80. The van der Waals surface area contributed by atoms with Crippen molar-refractivity contribution in [3.8, 4) is 5.75 Å². The molecule has 1 aliphatic rings. The number of benzene rings is 1. The van der Waals surface area contributed by atoms with E-state index in [9.17, 15) is 19.5 Å². The van der Waals surface area contributed by atoms with Crippen LogP contribution in [0.15, 0.2) is 41.8 Å². The average Bonchev–Trinajstić information content (AvgIpc) is 3.28. The normalized spacial score (nSPS) is 22.6. The number of hydrogen-bond acceptors (Lipinski definition) is 6. The van der Waals surface area contributed by atoms with Crippen LogP contribution in [0.3, 0.4) is 0 Å². The molecule has 1 saturated heterocycles. The smallest absolute Gasteiger partial charge is 0.262 e. The van der Waals surface area contributed by atoms with Crippen molar-refractivity contribution >= 4 is 28.9 Å². The molecule has 0 radical (unpaired) electrons. The molecule has 8 heteroatoms. The van der Waals surface area contributed by atoms with Crippen LogP contribution in [0.4, 0.5) is 0 Å². The Morgan fingerprint density at radius 3 is 2.61 bits per heavy atom. The molecule has 2 amide bonds. The summed E-state index contributed by atoms with van der Waals surface area (Å²) in [5, 5.41) is 16.7. The van der Waals surface area contributed by atoms with Gasteiger partial charge in [-0.25, -0.2) is 0 Å². The van der Waals surface area contributed by atoms with Crippen molar-refractivity contribution in [2.24, 2.45) is 0 Å². The van der Waals surface area contributed by atoms with Crippen LogP contribution in [-0.4, -0.2) is 47.0 Å². The highest BCUT2D eigenvalue weighted by Crippen LogP contribution is 2.22. The number of rotatable bonds is 6. The lowest BCUT2D eigenvalue weighted by Crippen LogP contribution is -2.60. The molecule has 148 valence electrons. The van der Waals surface area contributed by atoms with Crippen LogP contribution in [0.25, 0.3) is 0 Å². The predicted octanol–water partition coefficient (Wildman–Crippen LogP) is 1.66. The molecule has 3 N–H and O–H groups in total. The SMILES string of the molecule is CC1OCC(=O)C1(C)NC(=O)C(Cc1ccc(O)cc1)NC(=O)c1cccs1. The zero-order valence-electron chi connectivity index (χ0n) is 15.6. The summed E-state index contributed by atoms with van der Waals surface area (Å²) in [6, 6.07) is 8.93. The number of carbonyl (C=O) groups excluding carboxylic acids is 3. The molecule has 0 saturated carbocycles. The summed E-state index contributed by atoms with van der Waals surface area (Å²) in [6.45, 7) is 3.30. The molecule has 3 rings (SSSR count). The maximum absolute atomic E-state index is 13.0. The second-order valence-electron chi connectivity index (χ2n) is 6.94. The minimum Gasteiger partial charge on any atom is -0.508 e. The van der Waals surface area contributed by atoms with Gasteiger partial charge in [0.25, 0.3) is 5.91 Å². The third-order valence-electron chi connectivity index (χ3n) is 4.98. The Kier molecular flexibility index (Phi) is 5.81. The van der Waals surface area contributed by atoms with Crippen LogP contribution in [-0.2, 0) is 20.7 Å². The number of thiophene rings is 1. The molecule has 1 aromatic carbocycles. The molecule has 3 unspecified atom stereocenters. The van der Waals surface area contributed by atoms with E-state index in [1.54, 1.807) is 43.5 Å². The van der Waals surface area contributed by atoms with E-state index in [0.717, 1.165) is 5.56 Å². The summed E-state index contributed by atoms with van der Waals surface area (Å²) < 4.78 is 5.36. The van der Waals surface area contributed by atoms with E-state index in [1.807, 2.05) is 0 Å². The highest BCUT2D eigenvalue weighted by Gasteiger charge is 2.47. The summed E-state index contributed by atoms with van der Waals surface area (Å²) in [5.41, 5.74) is -0.380. The van der Waals surface area contributed by atoms with E-state index in [1.165, 1.54) is 23.5 Å². The fourth-order valence-corrected chi connectivity index (χ4v) is 3.60. The van der Waals surface area contributed by atoms with E-state index >= 15 is 0 Å². The summed E-state index contributed by atoms with van der Waals surface area (Å²) in [5.74, 6) is -0.920. The first-order valence-electron chi connectivity index (χ1n) is 8.89. The maximum Gasteiger partial charge on any atom is 0.262 e. The molecular formula is C20H22N2O5S. The van der Waals surface area contributed by atoms with Crippen molar-refractivity contribution in [2.75, 3.05) is 6.61 Å². The lowest BCUT2D eigenvalue weighted by atomic mass is 9.92. The predicted molar refractivity (Wildman–Crippen MR) is 104 cm³/mol. The Labute approximate surface area is 166 Å². The quantitative estimate of drug-likeness (QED) is 0.682. The highest BCUT2D eigenvalue weighted by molar-refractivity contribution is 7.12. The average molecular weight is 402 g/mol. The van der Waals surface area contributed by atoms with Crippen LogP contribution < -0.4 is 10.6 Å². The molecule has 3 atom stereocenters. The van der Waals surface area contributed by atoms with E-state index in [4.69, 9.17) is 4.74 Å². The van der Waals surface area contributed by atoms with Gasteiger partial charge in [0.05, 0.1) is 11.0 Å². The number of hydrogen-bond donors (Lipinski definition) is 3.